The standard InChI is InChI=1S/C15H19N3O2S/c1-11-5-6-13(14-9-12(2)16-17-14)10-15(11)21(19,20)18-7-3-4-8-18/h5-6,9-10H,3-4,7-8H2,1-2H3,(H,16,17). The Hall–Kier alpha value is -1.66. The summed E-state index contributed by atoms with van der Waals surface area (Å²) in [5.74, 6) is 0. The van der Waals surface area contributed by atoms with E-state index in [0.717, 1.165) is 35.4 Å². The lowest BCUT2D eigenvalue weighted by molar-refractivity contribution is 0.477. The molecule has 0 atom stereocenters. The quantitative estimate of drug-likeness (QED) is 0.947. The van der Waals surface area contributed by atoms with Gasteiger partial charge in [0.2, 0.25) is 10.0 Å². The van der Waals surface area contributed by atoms with E-state index in [0.29, 0.717) is 18.0 Å². The molecule has 1 aromatic heterocycles. The molecule has 1 aromatic carbocycles. The highest BCUT2D eigenvalue weighted by Crippen LogP contribution is 2.28. The smallest absolute Gasteiger partial charge is 0.243 e. The minimum absolute atomic E-state index is 0.391. The van der Waals surface area contributed by atoms with Crippen molar-refractivity contribution < 1.29 is 8.42 Å². The first kappa shape index (κ1) is 14.3. The molecule has 5 nitrogen and oxygen atoms in total. The van der Waals surface area contributed by atoms with E-state index >= 15 is 0 Å². The molecule has 1 fully saturated rings. The first-order chi connectivity index (χ1) is 9.98. The fourth-order valence-corrected chi connectivity index (χ4v) is 4.44. The van der Waals surface area contributed by atoms with Gasteiger partial charge in [0.25, 0.3) is 0 Å². The van der Waals surface area contributed by atoms with Crippen LogP contribution in [0.4, 0.5) is 0 Å². The highest BCUT2D eigenvalue weighted by atomic mass is 32.2. The van der Waals surface area contributed by atoms with Crippen LogP contribution >= 0.6 is 0 Å². The molecular formula is C15H19N3O2S. The number of aromatic amines is 1. The van der Waals surface area contributed by atoms with E-state index in [1.165, 1.54) is 0 Å². The molecule has 0 unspecified atom stereocenters. The number of hydrogen-bond donors (Lipinski definition) is 1. The van der Waals surface area contributed by atoms with Gasteiger partial charge in [-0.2, -0.15) is 9.40 Å². The fraction of sp³-hybridized carbons (Fsp3) is 0.400. The second-order valence-corrected chi connectivity index (χ2v) is 7.43. The van der Waals surface area contributed by atoms with Crippen LogP contribution in [-0.4, -0.2) is 36.0 Å². The predicted octanol–water partition coefficient (Wildman–Crippen LogP) is 2.48. The van der Waals surface area contributed by atoms with Gasteiger partial charge < -0.3 is 0 Å². The van der Waals surface area contributed by atoms with Gasteiger partial charge in [0.1, 0.15) is 0 Å². The number of sulfonamides is 1. The van der Waals surface area contributed by atoms with Crippen LogP contribution in [0.5, 0.6) is 0 Å². The van der Waals surface area contributed by atoms with Crippen molar-refractivity contribution in [3.63, 3.8) is 0 Å². The third kappa shape index (κ3) is 2.61. The minimum atomic E-state index is -3.40. The molecule has 1 aliphatic heterocycles. The Morgan fingerprint density at radius 1 is 1.14 bits per heavy atom. The molecule has 1 aliphatic rings. The molecule has 112 valence electrons. The molecule has 0 spiro atoms. The average molecular weight is 305 g/mol. The van der Waals surface area contributed by atoms with Crippen LogP contribution in [0, 0.1) is 13.8 Å². The SMILES string of the molecule is Cc1cc(-c2ccc(C)c(S(=O)(=O)N3CCCC3)c2)n[nH]1. The Bertz CT molecular complexity index is 759. The summed E-state index contributed by atoms with van der Waals surface area (Å²) in [4.78, 5) is 0.391. The van der Waals surface area contributed by atoms with Crippen LogP contribution in [-0.2, 0) is 10.0 Å². The van der Waals surface area contributed by atoms with Crippen molar-refractivity contribution in [2.75, 3.05) is 13.1 Å². The van der Waals surface area contributed by atoms with Crippen molar-refractivity contribution in [2.24, 2.45) is 0 Å². The molecule has 0 aliphatic carbocycles. The second-order valence-electron chi connectivity index (χ2n) is 5.53. The molecule has 6 heteroatoms. The Morgan fingerprint density at radius 2 is 1.86 bits per heavy atom. The Balaban J connectivity index is 2.06. The number of benzene rings is 1. The van der Waals surface area contributed by atoms with E-state index in [4.69, 9.17) is 0 Å². The van der Waals surface area contributed by atoms with E-state index in [1.807, 2.05) is 32.0 Å². The third-order valence-corrected chi connectivity index (χ3v) is 5.91. The van der Waals surface area contributed by atoms with Crippen molar-refractivity contribution >= 4 is 10.0 Å². The second kappa shape index (κ2) is 5.27. The maximum atomic E-state index is 12.7. The number of H-pyrrole nitrogens is 1. The maximum absolute atomic E-state index is 12.7. The van der Waals surface area contributed by atoms with Crippen LogP contribution in [0.1, 0.15) is 24.1 Å². The molecule has 2 heterocycles. The average Bonchev–Trinajstić information content (AvgIpc) is 3.10. The zero-order valence-electron chi connectivity index (χ0n) is 12.3. The van der Waals surface area contributed by atoms with Crippen LogP contribution in [0.2, 0.25) is 0 Å². The molecule has 0 radical (unpaired) electrons. The summed E-state index contributed by atoms with van der Waals surface area (Å²) in [6.45, 7) is 5.00. The van der Waals surface area contributed by atoms with Crippen LogP contribution in [0.25, 0.3) is 11.3 Å². The van der Waals surface area contributed by atoms with Gasteiger partial charge in [-0.15, -0.1) is 0 Å². The highest BCUT2D eigenvalue weighted by molar-refractivity contribution is 7.89. The number of aryl methyl sites for hydroxylation is 2. The first-order valence-corrected chi connectivity index (χ1v) is 8.56. The zero-order chi connectivity index (χ0) is 15.0. The van der Waals surface area contributed by atoms with E-state index in [2.05, 4.69) is 10.2 Å². The predicted molar refractivity (Wildman–Crippen MR) is 81.5 cm³/mol. The molecule has 3 rings (SSSR count). The maximum Gasteiger partial charge on any atom is 0.243 e. The van der Waals surface area contributed by atoms with Crippen LogP contribution < -0.4 is 0 Å². The monoisotopic (exact) mass is 305 g/mol. The van der Waals surface area contributed by atoms with Crippen LogP contribution in [0.15, 0.2) is 29.2 Å². The molecule has 0 amide bonds. The van der Waals surface area contributed by atoms with Gasteiger partial charge in [0.05, 0.1) is 10.6 Å². The van der Waals surface area contributed by atoms with E-state index < -0.39 is 10.0 Å². The van der Waals surface area contributed by atoms with Gasteiger partial charge in [0.15, 0.2) is 0 Å². The normalized spacial score (nSPS) is 16.5. The van der Waals surface area contributed by atoms with E-state index in [-0.39, 0.29) is 0 Å². The van der Waals surface area contributed by atoms with Gasteiger partial charge in [-0.05, 0) is 44.4 Å². The van der Waals surface area contributed by atoms with Crippen molar-refractivity contribution in [3.05, 3.63) is 35.5 Å². The van der Waals surface area contributed by atoms with Crippen molar-refractivity contribution in [3.8, 4) is 11.3 Å². The Labute approximate surface area is 125 Å². The molecule has 1 saturated heterocycles. The number of aromatic nitrogens is 2. The summed E-state index contributed by atoms with van der Waals surface area (Å²) in [6, 6.07) is 7.41. The van der Waals surface area contributed by atoms with Gasteiger partial charge >= 0.3 is 0 Å². The minimum Gasteiger partial charge on any atom is -0.282 e. The molecular weight excluding hydrogens is 286 g/mol. The first-order valence-electron chi connectivity index (χ1n) is 7.12. The van der Waals surface area contributed by atoms with Crippen molar-refractivity contribution in [1.82, 2.24) is 14.5 Å². The lowest BCUT2D eigenvalue weighted by Crippen LogP contribution is -2.28. The summed E-state index contributed by atoms with van der Waals surface area (Å²) in [5, 5.41) is 7.09. The van der Waals surface area contributed by atoms with Gasteiger partial charge in [-0.1, -0.05) is 12.1 Å². The zero-order valence-corrected chi connectivity index (χ0v) is 13.1. The third-order valence-electron chi connectivity index (χ3n) is 3.87. The largest absolute Gasteiger partial charge is 0.282 e. The lowest BCUT2D eigenvalue weighted by Gasteiger charge is -2.17. The molecule has 0 saturated carbocycles. The molecule has 21 heavy (non-hydrogen) atoms. The Kier molecular flexibility index (Phi) is 3.59. The van der Waals surface area contributed by atoms with Gasteiger partial charge in [-0.3, -0.25) is 5.10 Å². The summed E-state index contributed by atoms with van der Waals surface area (Å²) in [7, 11) is -3.40. The van der Waals surface area contributed by atoms with Crippen molar-refractivity contribution in [1.29, 1.82) is 0 Å². The fourth-order valence-electron chi connectivity index (χ4n) is 2.67. The number of nitrogens with zero attached hydrogens (tertiary/aromatic N) is 2. The summed E-state index contributed by atoms with van der Waals surface area (Å²) < 4.78 is 27.1. The number of rotatable bonds is 3. The number of hydrogen-bond acceptors (Lipinski definition) is 3. The summed E-state index contributed by atoms with van der Waals surface area (Å²) in [5.41, 5.74) is 3.32. The van der Waals surface area contributed by atoms with Gasteiger partial charge in [0, 0.05) is 24.3 Å². The lowest BCUT2D eigenvalue weighted by atomic mass is 10.1. The van der Waals surface area contributed by atoms with Crippen LogP contribution in [0.3, 0.4) is 0 Å². The Morgan fingerprint density at radius 3 is 2.48 bits per heavy atom. The molecule has 1 N–H and O–H groups in total. The van der Waals surface area contributed by atoms with E-state index in [9.17, 15) is 8.42 Å². The molecule has 0 bridgehead atoms. The van der Waals surface area contributed by atoms with Gasteiger partial charge in [-0.25, -0.2) is 8.42 Å². The molecule has 2 aromatic rings. The summed E-state index contributed by atoms with van der Waals surface area (Å²) >= 11 is 0. The topological polar surface area (TPSA) is 66.1 Å². The highest BCUT2D eigenvalue weighted by Gasteiger charge is 2.28. The summed E-state index contributed by atoms with van der Waals surface area (Å²) in [6.07, 6.45) is 1.88. The number of nitrogens with one attached hydrogen (secondary N) is 1. The van der Waals surface area contributed by atoms with E-state index in [1.54, 1.807) is 10.4 Å². The van der Waals surface area contributed by atoms with Crippen molar-refractivity contribution in [2.45, 2.75) is 31.6 Å².